The molecule has 1 aromatic carbocycles. The van der Waals surface area contributed by atoms with Crippen molar-refractivity contribution < 1.29 is 4.92 Å². The molecule has 5 nitrogen and oxygen atoms in total. The number of nitro groups is 1. The van der Waals surface area contributed by atoms with Crippen LogP contribution in [0.15, 0.2) is 18.2 Å². The highest BCUT2D eigenvalue weighted by molar-refractivity contribution is 5.50. The van der Waals surface area contributed by atoms with Crippen LogP contribution >= 0.6 is 0 Å². The van der Waals surface area contributed by atoms with Gasteiger partial charge in [-0.05, 0) is 24.5 Å². The summed E-state index contributed by atoms with van der Waals surface area (Å²) in [6.45, 7) is 1.97. The number of nitriles is 1. The molecule has 1 aromatic rings. The second kappa shape index (κ2) is 5.24. The Morgan fingerprint density at radius 3 is 2.81 bits per heavy atom. The van der Waals surface area contributed by atoms with Crippen molar-refractivity contribution in [3.05, 3.63) is 39.4 Å². The predicted octanol–water partition coefficient (Wildman–Crippen LogP) is 1.75. The summed E-state index contributed by atoms with van der Waals surface area (Å²) >= 11 is 0. The van der Waals surface area contributed by atoms with Crippen LogP contribution < -0.4 is 5.73 Å². The Labute approximate surface area is 93.6 Å². The molecule has 0 heterocycles. The molecule has 5 heteroatoms. The average Bonchev–Trinajstić information content (AvgIpc) is 2.28. The molecule has 0 bridgehead atoms. The largest absolute Gasteiger partial charge is 0.327 e. The fraction of sp³-hybridized carbons (Fsp3) is 0.364. The highest BCUT2D eigenvalue weighted by Gasteiger charge is 2.14. The molecule has 16 heavy (non-hydrogen) atoms. The summed E-state index contributed by atoms with van der Waals surface area (Å²) in [6, 6.07) is 6.39. The second-order valence-electron chi connectivity index (χ2n) is 3.59. The van der Waals surface area contributed by atoms with Crippen LogP contribution in [-0.4, -0.2) is 11.0 Å². The van der Waals surface area contributed by atoms with Gasteiger partial charge in [0.05, 0.1) is 4.92 Å². The molecule has 0 spiro atoms. The SMILES string of the molecule is CCC(N)Cc1ccc([N+](=O)[O-])c(C#N)c1. The molecule has 0 amide bonds. The third-order valence-electron chi connectivity index (χ3n) is 2.40. The zero-order valence-corrected chi connectivity index (χ0v) is 9.01. The first-order chi connectivity index (χ1) is 7.58. The van der Waals surface area contributed by atoms with Crippen LogP contribution in [0.5, 0.6) is 0 Å². The van der Waals surface area contributed by atoms with Crippen molar-refractivity contribution in [1.82, 2.24) is 0 Å². The van der Waals surface area contributed by atoms with Crippen LogP contribution in [0.3, 0.4) is 0 Å². The number of hydrogen-bond acceptors (Lipinski definition) is 4. The molecule has 0 radical (unpaired) electrons. The summed E-state index contributed by atoms with van der Waals surface area (Å²) in [7, 11) is 0. The molecule has 0 aromatic heterocycles. The van der Waals surface area contributed by atoms with Gasteiger partial charge in [-0.3, -0.25) is 10.1 Å². The fourth-order valence-corrected chi connectivity index (χ4v) is 1.41. The molecule has 2 N–H and O–H groups in total. The predicted molar refractivity (Wildman–Crippen MR) is 59.8 cm³/mol. The van der Waals surface area contributed by atoms with Gasteiger partial charge in [0.2, 0.25) is 0 Å². The highest BCUT2D eigenvalue weighted by Crippen LogP contribution is 2.19. The third kappa shape index (κ3) is 2.78. The lowest BCUT2D eigenvalue weighted by atomic mass is 10.0. The van der Waals surface area contributed by atoms with Gasteiger partial charge >= 0.3 is 0 Å². The van der Waals surface area contributed by atoms with E-state index in [1.165, 1.54) is 12.1 Å². The van der Waals surface area contributed by atoms with Crippen LogP contribution in [0.2, 0.25) is 0 Å². The Balaban J connectivity index is 3.01. The molecule has 0 aliphatic heterocycles. The number of nitro benzene ring substituents is 1. The van der Waals surface area contributed by atoms with Gasteiger partial charge in [0.25, 0.3) is 5.69 Å². The molecule has 1 unspecified atom stereocenters. The number of hydrogen-bond donors (Lipinski definition) is 1. The Morgan fingerprint density at radius 1 is 1.62 bits per heavy atom. The maximum atomic E-state index is 10.6. The lowest BCUT2D eigenvalue weighted by molar-refractivity contribution is -0.385. The monoisotopic (exact) mass is 219 g/mol. The molecule has 1 rings (SSSR count). The molecule has 0 saturated heterocycles. The van der Waals surface area contributed by atoms with Gasteiger partial charge in [-0.1, -0.05) is 13.0 Å². The molecule has 0 aliphatic carbocycles. The van der Waals surface area contributed by atoms with E-state index in [1.54, 1.807) is 6.07 Å². The molecular formula is C11H13N3O2. The zero-order chi connectivity index (χ0) is 12.1. The minimum absolute atomic E-state index is 0.0213. The van der Waals surface area contributed by atoms with Gasteiger partial charge in [0.1, 0.15) is 11.6 Å². The summed E-state index contributed by atoms with van der Waals surface area (Å²) < 4.78 is 0. The lowest BCUT2D eigenvalue weighted by Crippen LogP contribution is -2.21. The standard InChI is InChI=1S/C11H13N3O2/c1-2-10(13)6-8-3-4-11(14(15)16)9(5-8)7-12/h3-5,10H,2,6,13H2,1H3. The Morgan fingerprint density at radius 2 is 2.31 bits per heavy atom. The van der Waals surface area contributed by atoms with E-state index in [0.717, 1.165) is 12.0 Å². The van der Waals surface area contributed by atoms with Crippen molar-refractivity contribution in [2.24, 2.45) is 5.73 Å². The highest BCUT2D eigenvalue weighted by atomic mass is 16.6. The first-order valence-corrected chi connectivity index (χ1v) is 5.01. The Bertz CT molecular complexity index is 437. The summed E-state index contributed by atoms with van der Waals surface area (Å²) in [6.07, 6.45) is 1.46. The molecule has 0 aliphatic rings. The summed E-state index contributed by atoms with van der Waals surface area (Å²) in [5.74, 6) is 0. The van der Waals surface area contributed by atoms with Crippen LogP contribution in [0.1, 0.15) is 24.5 Å². The smallest absolute Gasteiger partial charge is 0.287 e. The van der Waals surface area contributed by atoms with Crippen LogP contribution in [0.4, 0.5) is 5.69 Å². The zero-order valence-electron chi connectivity index (χ0n) is 9.01. The van der Waals surface area contributed by atoms with E-state index in [9.17, 15) is 10.1 Å². The number of rotatable bonds is 4. The van der Waals surface area contributed by atoms with Crippen LogP contribution in [0.25, 0.3) is 0 Å². The van der Waals surface area contributed by atoms with E-state index in [0.29, 0.717) is 6.42 Å². The molecule has 0 fully saturated rings. The lowest BCUT2D eigenvalue weighted by Gasteiger charge is -2.08. The normalized spacial score (nSPS) is 11.8. The minimum Gasteiger partial charge on any atom is -0.327 e. The van der Waals surface area contributed by atoms with E-state index in [2.05, 4.69) is 0 Å². The second-order valence-corrected chi connectivity index (χ2v) is 3.59. The van der Waals surface area contributed by atoms with E-state index >= 15 is 0 Å². The molecule has 1 atom stereocenters. The maximum absolute atomic E-state index is 10.6. The van der Waals surface area contributed by atoms with Gasteiger partial charge in [-0.15, -0.1) is 0 Å². The van der Waals surface area contributed by atoms with E-state index in [1.807, 2.05) is 13.0 Å². The summed E-state index contributed by atoms with van der Waals surface area (Å²) in [4.78, 5) is 10.0. The van der Waals surface area contributed by atoms with Gasteiger partial charge in [-0.25, -0.2) is 0 Å². The number of nitrogens with two attached hydrogens (primary N) is 1. The van der Waals surface area contributed by atoms with Crippen LogP contribution in [0, 0.1) is 21.4 Å². The van der Waals surface area contributed by atoms with E-state index < -0.39 is 4.92 Å². The van der Waals surface area contributed by atoms with Gasteiger partial charge < -0.3 is 5.73 Å². The van der Waals surface area contributed by atoms with Crippen LogP contribution in [-0.2, 0) is 6.42 Å². The van der Waals surface area contributed by atoms with Gasteiger partial charge in [-0.2, -0.15) is 5.26 Å². The fourth-order valence-electron chi connectivity index (χ4n) is 1.41. The van der Waals surface area contributed by atoms with Crippen molar-refractivity contribution >= 4 is 5.69 Å². The summed E-state index contributed by atoms with van der Waals surface area (Å²) in [5, 5.41) is 19.4. The minimum atomic E-state index is -0.553. The number of nitrogens with zero attached hydrogens (tertiary/aromatic N) is 2. The van der Waals surface area contributed by atoms with E-state index in [-0.39, 0.29) is 17.3 Å². The van der Waals surface area contributed by atoms with Gasteiger partial charge in [0, 0.05) is 12.1 Å². The first kappa shape index (κ1) is 12.1. The molecule has 84 valence electrons. The van der Waals surface area contributed by atoms with Crippen molar-refractivity contribution in [3.8, 4) is 6.07 Å². The van der Waals surface area contributed by atoms with E-state index in [4.69, 9.17) is 11.0 Å². The van der Waals surface area contributed by atoms with Crippen molar-refractivity contribution in [2.45, 2.75) is 25.8 Å². The third-order valence-corrected chi connectivity index (χ3v) is 2.40. The number of benzene rings is 1. The van der Waals surface area contributed by atoms with Crippen molar-refractivity contribution in [3.63, 3.8) is 0 Å². The Hall–Kier alpha value is -1.93. The average molecular weight is 219 g/mol. The maximum Gasteiger partial charge on any atom is 0.287 e. The van der Waals surface area contributed by atoms with Crippen molar-refractivity contribution in [2.75, 3.05) is 0 Å². The first-order valence-electron chi connectivity index (χ1n) is 5.01. The molecular weight excluding hydrogens is 206 g/mol. The van der Waals surface area contributed by atoms with Gasteiger partial charge in [0.15, 0.2) is 0 Å². The Kier molecular flexibility index (Phi) is 3.97. The summed E-state index contributed by atoms with van der Waals surface area (Å²) in [5.41, 5.74) is 6.57. The van der Waals surface area contributed by atoms with Crippen molar-refractivity contribution in [1.29, 1.82) is 5.26 Å². The molecule has 0 saturated carbocycles. The topological polar surface area (TPSA) is 92.9 Å². The quantitative estimate of drug-likeness (QED) is 0.616.